The Labute approximate surface area is 102 Å². The molecule has 0 bridgehead atoms. The van der Waals surface area contributed by atoms with Crippen molar-refractivity contribution in [1.29, 1.82) is 0 Å². The molecule has 3 N–H and O–H groups in total. The average Bonchev–Trinajstić information content (AvgIpc) is 2.66. The third kappa shape index (κ3) is 4.06. The number of nitrogens with one attached hydrogen (secondary N) is 1. The molecule has 1 rings (SSSR count). The molecule has 1 fully saturated rings. The Morgan fingerprint density at radius 2 is 2.31 bits per heavy atom. The fourth-order valence-corrected chi connectivity index (χ4v) is 2.34. The van der Waals surface area contributed by atoms with Crippen LogP contribution in [0.2, 0.25) is 0 Å². The molecule has 1 amide bonds. The summed E-state index contributed by atoms with van der Waals surface area (Å²) in [6.45, 7) is 3.04. The Bertz CT molecular complexity index is 258. The first-order valence-corrected chi connectivity index (χ1v) is 6.22. The van der Waals surface area contributed by atoms with Crippen LogP contribution in [-0.4, -0.2) is 30.2 Å². The van der Waals surface area contributed by atoms with Crippen LogP contribution in [0.4, 0.5) is 0 Å². The summed E-state index contributed by atoms with van der Waals surface area (Å²) in [5.41, 5.74) is 5.64. The smallest absolute Gasteiger partial charge is 0.222 e. The Kier molecular flexibility index (Phi) is 5.69. The maximum atomic E-state index is 11.6. The van der Waals surface area contributed by atoms with E-state index in [0.717, 1.165) is 19.3 Å². The molecule has 92 valence electrons. The van der Waals surface area contributed by atoms with Crippen molar-refractivity contribution in [3.63, 3.8) is 0 Å². The Morgan fingerprint density at radius 1 is 1.56 bits per heavy atom. The Morgan fingerprint density at radius 3 is 2.94 bits per heavy atom. The van der Waals surface area contributed by atoms with E-state index in [1.807, 2.05) is 6.92 Å². The highest BCUT2D eigenvalue weighted by molar-refractivity contribution is 7.80. The van der Waals surface area contributed by atoms with Gasteiger partial charge in [-0.25, -0.2) is 0 Å². The highest BCUT2D eigenvalue weighted by Gasteiger charge is 2.30. The van der Waals surface area contributed by atoms with E-state index in [1.165, 1.54) is 0 Å². The van der Waals surface area contributed by atoms with E-state index >= 15 is 0 Å². The van der Waals surface area contributed by atoms with Gasteiger partial charge in [-0.2, -0.15) is 0 Å². The van der Waals surface area contributed by atoms with Crippen molar-refractivity contribution >= 4 is 23.1 Å². The molecule has 1 aliphatic carbocycles. The molecular formula is C11H20N2O2S. The van der Waals surface area contributed by atoms with E-state index in [-0.39, 0.29) is 17.9 Å². The molecular weight excluding hydrogens is 224 g/mol. The minimum Gasteiger partial charge on any atom is -0.393 e. The second-order valence-electron chi connectivity index (χ2n) is 4.06. The standard InChI is InChI=1S/C11H20N2O2S/c1-2-15-7-6-10(14)13-9-5-3-4-8(9)11(12)16/h8-9H,2-7H2,1H3,(H2,12,16)(H,13,14). The van der Waals surface area contributed by atoms with E-state index in [0.29, 0.717) is 24.6 Å². The van der Waals surface area contributed by atoms with Gasteiger partial charge in [0.15, 0.2) is 0 Å². The maximum absolute atomic E-state index is 11.6. The van der Waals surface area contributed by atoms with Gasteiger partial charge in [0.25, 0.3) is 0 Å². The van der Waals surface area contributed by atoms with E-state index in [2.05, 4.69) is 5.32 Å². The molecule has 1 aliphatic rings. The van der Waals surface area contributed by atoms with Crippen LogP contribution in [0.3, 0.4) is 0 Å². The number of hydrogen-bond donors (Lipinski definition) is 2. The van der Waals surface area contributed by atoms with E-state index in [4.69, 9.17) is 22.7 Å². The summed E-state index contributed by atoms with van der Waals surface area (Å²) >= 11 is 4.99. The highest BCUT2D eigenvalue weighted by Crippen LogP contribution is 2.25. The van der Waals surface area contributed by atoms with Crippen LogP contribution in [0.15, 0.2) is 0 Å². The fraction of sp³-hybridized carbons (Fsp3) is 0.818. The highest BCUT2D eigenvalue weighted by atomic mass is 32.1. The molecule has 0 aromatic rings. The summed E-state index contributed by atoms with van der Waals surface area (Å²) in [6.07, 6.45) is 3.46. The Hall–Kier alpha value is -0.680. The number of amides is 1. The molecule has 2 unspecified atom stereocenters. The Balaban J connectivity index is 2.30. The van der Waals surface area contributed by atoms with Crippen molar-refractivity contribution in [3.8, 4) is 0 Å². The van der Waals surface area contributed by atoms with Crippen molar-refractivity contribution in [1.82, 2.24) is 5.32 Å². The lowest BCUT2D eigenvalue weighted by atomic mass is 10.0. The SMILES string of the molecule is CCOCCC(=O)NC1CCCC1C(N)=S. The summed E-state index contributed by atoms with van der Waals surface area (Å²) in [7, 11) is 0. The molecule has 0 spiro atoms. The molecule has 1 saturated carbocycles. The first kappa shape index (κ1) is 13.4. The van der Waals surface area contributed by atoms with Crippen LogP contribution in [0, 0.1) is 5.92 Å². The quantitative estimate of drug-likeness (QED) is 0.540. The second-order valence-corrected chi connectivity index (χ2v) is 4.53. The number of hydrogen-bond acceptors (Lipinski definition) is 3. The first-order valence-electron chi connectivity index (χ1n) is 5.81. The number of ether oxygens (including phenoxy) is 1. The predicted octanol–water partition coefficient (Wildman–Crippen LogP) is 0.984. The number of rotatable bonds is 6. The lowest BCUT2D eigenvalue weighted by Gasteiger charge is -2.19. The zero-order valence-electron chi connectivity index (χ0n) is 9.70. The van der Waals surface area contributed by atoms with Gasteiger partial charge in [-0.15, -0.1) is 0 Å². The van der Waals surface area contributed by atoms with Gasteiger partial charge in [0.2, 0.25) is 5.91 Å². The monoisotopic (exact) mass is 244 g/mol. The predicted molar refractivity (Wildman–Crippen MR) is 67.2 cm³/mol. The van der Waals surface area contributed by atoms with Gasteiger partial charge in [-0.05, 0) is 19.8 Å². The van der Waals surface area contributed by atoms with Gasteiger partial charge >= 0.3 is 0 Å². The van der Waals surface area contributed by atoms with Crippen LogP contribution in [-0.2, 0) is 9.53 Å². The second kappa shape index (κ2) is 6.81. The summed E-state index contributed by atoms with van der Waals surface area (Å²) in [4.78, 5) is 12.1. The first-order chi connectivity index (χ1) is 7.65. The normalized spacial score (nSPS) is 24.3. The van der Waals surface area contributed by atoms with Crippen LogP contribution in [0.1, 0.15) is 32.6 Å². The van der Waals surface area contributed by atoms with Crippen molar-refractivity contribution in [2.75, 3.05) is 13.2 Å². The molecule has 0 radical (unpaired) electrons. The summed E-state index contributed by atoms with van der Waals surface area (Å²) in [5.74, 6) is 0.202. The minimum absolute atomic E-state index is 0.0293. The summed E-state index contributed by atoms with van der Waals surface area (Å²) < 4.78 is 5.13. The van der Waals surface area contributed by atoms with Gasteiger partial charge in [-0.1, -0.05) is 18.6 Å². The molecule has 5 heteroatoms. The van der Waals surface area contributed by atoms with Crippen LogP contribution in [0.25, 0.3) is 0 Å². The molecule has 0 aromatic carbocycles. The average molecular weight is 244 g/mol. The molecule has 0 saturated heterocycles. The largest absolute Gasteiger partial charge is 0.393 e. The molecule has 16 heavy (non-hydrogen) atoms. The van der Waals surface area contributed by atoms with Crippen molar-refractivity contribution in [3.05, 3.63) is 0 Å². The number of carbonyl (C=O) groups excluding carboxylic acids is 1. The zero-order valence-corrected chi connectivity index (χ0v) is 10.5. The van der Waals surface area contributed by atoms with E-state index < -0.39 is 0 Å². The van der Waals surface area contributed by atoms with Crippen LogP contribution < -0.4 is 11.1 Å². The van der Waals surface area contributed by atoms with Gasteiger partial charge in [0, 0.05) is 25.0 Å². The van der Waals surface area contributed by atoms with E-state index in [9.17, 15) is 4.79 Å². The minimum atomic E-state index is 0.0293. The van der Waals surface area contributed by atoms with Gasteiger partial charge in [0.1, 0.15) is 0 Å². The molecule has 4 nitrogen and oxygen atoms in total. The zero-order chi connectivity index (χ0) is 12.0. The number of nitrogens with two attached hydrogens (primary N) is 1. The number of carbonyl (C=O) groups is 1. The van der Waals surface area contributed by atoms with Gasteiger partial charge in [-0.3, -0.25) is 4.79 Å². The topological polar surface area (TPSA) is 64.3 Å². The van der Waals surface area contributed by atoms with Crippen LogP contribution in [0.5, 0.6) is 0 Å². The van der Waals surface area contributed by atoms with Crippen molar-refractivity contribution < 1.29 is 9.53 Å². The fourth-order valence-electron chi connectivity index (χ4n) is 2.06. The lowest BCUT2D eigenvalue weighted by molar-refractivity contribution is -0.122. The lowest BCUT2D eigenvalue weighted by Crippen LogP contribution is -2.41. The third-order valence-electron chi connectivity index (χ3n) is 2.91. The third-order valence-corrected chi connectivity index (χ3v) is 3.21. The summed E-state index contributed by atoms with van der Waals surface area (Å²) in [5, 5.41) is 2.98. The van der Waals surface area contributed by atoms with Crippen LogP contribution >= 0.6 is 12.2 Å². The van der Waals surface area contributed by atoms with Crippen molar-refractivity contribution in [2.45, 2.75) is 38.6 Å². The van der Waals surface area contributed by atoms with Crippen molar-refractivity contribution in [2.24, 2.45) is 11.7 Å². The van der Waals surface area contributed by atoms with E-state index in [1.54, 1.807) is 0 Å². The maximum Gasteiger partial charge on any atom is 0.222 e. The van der Waals surface area contributed by atoms with Gasteiger partial charge in [0.05, 0.1) is 11.6 Å². The number of thiocarbonyl (C=S) groups is 1. The molecule has 0 aromatic heterocycles. The summed E-state index contributed by atoms with van der Waals surface area (Å²) in [6, 6.07) is 0.131. The molecule has 2 atom stereocenters. The molecule has 0 aliphatic heterocycles. The van der Waals surface area contributed by atoms with Gasteiger partial charge < -0.3 is 15.8 Å². The molecule has 0 heterocycles.